The molecule has 1 amide bonds. The van der Waals surface area contributed by atoms with Crippen molar-refractivity contribution in [3.05, 3.63) is 24.0 Å². The van der Waals surface area contributed by atoms with Gasteiger partial charge in [-0.2, -0.15) is 0 Å². The Hall–Kier alpha value is -1.58. The highest BCUT2D eigenvalue weighted by molar-refractivity contribution is 5.92. The molecule has 2 fully saturated rings. The molecule has 0 radical (unpaired) electrons. The first-order valence-corrected chi connectivity index (χ1v) is 7.02. The first kappa shape index (κ1) is 12.5. The molecule has 1 N–H and O–H groups in total. The molecular formula is C15H21N3O. The van der Waals surface area contributed by atoms with Crippen molar-refractivity contribution in [2.45, 2.75) is 25.7 Å². The number of hydrogen-bond donors (Lipinski definition) is 1. The highest BCUT2D eigenvalue weighted by Crippen LogP contribution is 2.61. The minimum Gasteiger partial charge on any atom is -0.384 e. The fraction of sp³-hybridized carbons (Fsp3) is 0.600. The number of anilines is 1. The highest BCUT2D eigenvalue weighted by atomic mass is 16.2. The summed E-state index contributed by atoms with van der Waals surface area (Å²) in [5, 5.41) is 3.49. The smallest absolute Gasteiger partial charge is 0.272 e. The minimum atomic E-state index is -0.0491. The van der Waals surface area contributed by atoms with E-state index in [1.54, 1.807) is 25.2 Å². The zero-order chi connectivity index (χ0) is 13.5. The van der Waals surface area contributed by atoms with Gasteiger partial charge in [-0.25, -0.2) is 0 Å². The summed E-state index contributed by atoms with van der Waals surface area (Å²) in [7, 11) is 3.49. The van der Waals surface area contributed by atoms with E-state index in [1.165, 1.54) is 25.7 Å². The van der Waals surface area contributed by atoms with Crippen LogP contribution in [0.2, 0.25) is 0 Å². The fourth-order valence-corrected chi connectivity index (χ4v) is 2.75. The summed E-state index contributed by atoms with van der Waals surface area (Å²) < 4.78 is 0. The van der Waals surface area contributed by atoms with Gasteiger partial charge < -0.3 is 10.2 Å². The standard InChI is InChI=1S/C15H21N3O/c1-18(2)14(19)13-9-12(5-8-16-13)17-10-15(6-7-15)11-3-4-11/h5,8-9,11H,3-4,6-7,10H2,1-2H3,(H,16,17). The Bertz CT molecular complexity index is 490. The molecule has 4 nitrogen and oxygen atoms in total. The van der Waals surface area contributed by atoms with E-state index in [0.29, 0.717) is 11.1 Å². The molecule has 4 heteroatoms. The predicted molar refractivity (Wildman–Crippen MR) is 75.1 cm³/mol. The lowest BCUT2D eigenvalue weighted by Gasteiger charge is -2.16. The van der Waals surface area contributed by atoms with E-state index in [2.05, 4.69) is 10.3 Å². The van der Waals surface area contributed by atoms with Crippen molar-refractivity contribution in [1.82, 2.24) is 9.88 Å². The van der Waals surface area contributed by atoms with Crippen LogP contribution in [0.3, 0.4) is 0 Å². The second-order valence-corrected chi connectivity index (χ2v) is 6.12. The molecule has 2 aliphatic carbocycles. The van der Waals surface area contributed by atoms with E-state index in [4.69, 9.17) is 0 Å². The number of aromatic nitrogens is 1. The van der Waals surface area contributed by atoms with Gasteiger partial charge in [-0.15, -0.1) is 0 Å². The third-order valence-electron chi connectivity index (χ3n) is 4.37. The summed E-state index contributed by atoms with van der Waals surface area (Å²) >= 11 is 0. The van der Waals surface area contributed by atoms with Crippen molar-refractivity contribution in [3.63, 3.8) is 0 Å². The van der Waals surface area contributed by atoms with Crippen LogP contribution in [-0.4, -0.2) is 36.4 Å². The van der Waals surface area contributed by atoms with Crippen molar-refractivity contribution in [1.29, 1.82) is 0 Å². The molecule has 3 rings (SSSR count). The molecule has 0 aliphatic heterocycles. The molecule has 0 spiro atoms. The molecule has 2 aliphatic rings. The van der Waals surface area contributed by atoms with Gasteiger partial charge in [0.15, 0.2) is 0 Å². The van der Waals surface area contributed by atoms with Crippen LogP contribution in [0.15, 0.2) is 18.3 Å². The van der Waals surface area contributed by atoms with Gasteiger partial charge >= 0.3 is 0 Å². The highest BCUT2D eigenvalue weighted by Gasteiger charge is 2.53. The second kappa shape index (κ2) is 4.51. The molecule has 0 aromatic carbocycles. The van der Waals surface area contributed by atoms with Crippen LogP contribution >= 0.6 is 0 Å². The maximum absolute atomic E-state index is 11.9. The Labute approximate surface area is 114 Å². The topological polar surface area (TPSA) is 45.2 Å². The normalized spacial score (nSPS) is 19.9. The lowest BCUT2D eigenvalue weighted by Crippen LogP contribution is -2.23. The SMILES string of the molecule is CN(C)C(=O)c1cc(NCC2(C3CC3)CC2)ccn1. The van der Waals surface area contributed by atoms with Crippen LogP contribution in [-0.2, 0) is 0 Å². The molecular weight excluding hydrogens is 238 g/mol. The third-order valence-corrected chi connectivity index (χ3v) is 4.37. The van der Waals surface area contributed by atoms with E-state index < -0.39 is 0 Å². The maximum atomic E-state index is 11.9. The molecule has 0 unspecified atom stereocenters. The minimum absolute atomic E-state index is 0.0491. The summed E-state index contributed by atoms with van der Waals surface area (Å²) in [6, 6.07) is 3.79. The Balaban J connectivity index is 1.65. The quantitative estimate of drug-likeness (QED) is 0.883. The van der Waals surface area contributed by atoms with Crippen molar-refractivity contribution >= 4 is 11.6 Å². The van der Waals surface area contributed by atoms with Gasteiger partial charge in [0.1, 0.15) is 5.69 Å². The molecule has 0 saturated heterocycles. The fourth-order valence-electron chi connectivity index (χ4n) is 2.75. The first-order chi connectivity index (χ1) is 9.11. The van der Waals surface area contributed by atoms with E-state index in [9.17, 15) is 4.79 Å². The van der Waals surface area contributed by atoms with Crippen LogP contribution < -0.4 is 5.32 Å². The molecule has 1 heterocycles. The average molecular weight is 259 g/mol. The van der Waals surface area contributed by atoms with E-state index >= 15 is 0 Å². The van der Waals surface area contributed by atoms with Crippen molar-refractivity contribution in [2.24, 2.45) is 11.3 Å². The van der Waals surface area contributed by atoms with E-state index in [0.717, 1.165) is 18.2 Å². The Kier molecular flexibility index (Phi) is 2.96. The Morgan fingerprint density at radius 2 is 2.21 bits per heavy atom. The number of pyridine rings is 1. The molecule has 102 valence electrons. The summed E-state index contributed by atoms with van der Waals surface area (Å²) in [5.74, 6) is 0.900. The molecule has 1 aromatic rings. The largest absolute Gasteiger partial charge is 0.384 e. The van der Waals surface area contributed by atoms with E-state index in [-0.39, 0.29) is 5.91 Å². The van der Waals surface area contributed by atoms with Gasteiger partial charge in [0, 0.05) is 32.5 Å². The predicted octanol–water partition coefficient (Wildman–Crippen LogP) is 2.39. The van der Waals surface area contributed by atoms with Crippen LogP contribution in [0.4, 0.5) is 5.69 Å². The number of nitrogens with zero attached hydrogens (tertiary/aromatic N) is 2. The monoisotopic (exact) mass is 259 g/mol. The molecule has 19 heavy (non-hydrogen) atoms. The molecule has 0 bridgehead atoms. The van der Waals surface area contributed by atoms with Crippen LogP contribution in [0, 0.1) is 11.3 Å². The number of carbonyl (C=O) groups is 1. The number of nitrogens with one attached hydrogen (secondary N) is 1. The lowest BCUT2D eigenvalue weighted by atomic mass is 10.0. The summed E-state index contributed by atoms with van der Waals surface area (Å²) in [4.78, 5) is 17.6. The maximum Gasteiger partial charge on any atom is 0.272 e. The summed E-state index contributed by atoms with van der Waals surface area (Å²) in [5.41, 5.74) is 2.08. The third kappa shape index (κ3) is 2.57. The Morgan fingerprint density at radius 1 is 1.47 bits per heavy atom. The van der Waals surface area contributed by atoms with Gasteiger partial charge in [0.25, 0.3) is 5.91 Å². The zero-order valence-electron chi connectivity index (χ0n) is 11.6. The Morgan fingerprint density at radius 3 is 2.79 bits per heavy atom. The first-order valence-electron chi connectivity index (χ1n) is 7.02. The van der Waals surface area contributed by atoms with Gasteiger partial charge in [0.05, 0.1) is 0 Å². The van der Waals surface area contributed by atoms with Gasteiger partial charge in [-0.05, 0) is 49.1 Å². The van der Waals surface area contributed by atoms with Crippen LogP contribution in [0.5, 0.6) is 0 Å². The van der Waals surface area contributed by atoms with Gasteiger partial charge in [-0.1, -0.05) is 0 Å². The molecule has 0 atom stereocenters. The van der Waals surface area contributed by atoms with Gasteiger partial charge in [-0.3, -0.25) is 9.78 Å². The summed E-state index contributed by atoms with van der Waals surface area (Å²) in [6.07, 6.45) is 7.24. The van der Waals surface area contributed by atoms with Crippen LogP contribution in [0.25, 0.3) is 0 Å². The average Bonchev–Trinajstić information content (AvgIpc) is 3.28. The van der Waals surface area contributed by atoms with Crippen molar-refractivity contribution < 1.29 is 4.79 Å². The zero-order valence-corrected chi connectivity index (χ0v) is 11.6. The molecule has 1 aromatic heterocycles. The van der Waals surface area contributed by atoms with Crippen molar-refractivity contribution in [3.8, 4) is 0 Å². The number of hydrogen-bond acceptors (Lipinski definition) is 3. The van der Waals surface area contributed by atoms with Gasteiger partial charge in [0.2, 0.25) is 0 Å². The van der Waals surface area contributed by atoms with Crippen LogP contribution in [0.1, 0.15) is 36.2 Å². The summed E-state index contributed by atoms with van der Waals surface area (Å²) in [6.45, 7) is 1.04. The van der Waals surface area contributed by atoms with E-state index in [1.807, 2.05) is 12.1 Å². The number of rotatable bonds is 5. The second-order valence-electron chi connectivity index (χ2n) is 6.12. The number of amides is 1. The lowest BCUT2D eigenvalue weighted by molar-refractivity contribution is 0.0822. The molecule has 2 saturated carbocycles. The number of carbonyl (C=O) groups excluding carboxylic acids is 1. The van der Waals surface area contributed by atoms with Crippen molar-refractivity contribution in [2.75, 3.05) is 26.0 Å².